The Hall–Kier alpha value is -2.90. The molecule has 0 amide bonds. The van der Waals surface area contributed by atoms with Crippen LogP contribution in [0.1, 0.15) is 16.8 Å². The molecule has 5 rings (SSSR count). The minimum atomic E-state index is -0.212. The molecule has 9 heteroatoms. The molecule has 0 atom stereocenters. The molecule has 0 spiro atoms. The van der Waals surface area contributed by atoms with Gasteiger partial charge < -0.3 is 10.1 Å². The fourth-order valence-corrected chi connectivity index (χ4v) is 3.69. The van der Waals surface area contributed by atoms with Crippen LogP contribution in [0.5, 0.6) is 5.75 Å². The predicted molar refractivity (Wildman–Crippen MR) is 118 cm³/mol. The standard InChI is InChI=1S/C21H18FN5O.2ClH/c1-13-15(5-3-8-23-13)16-10-19-21(27-12-25-26-20(16)27)24-11-17-14(7-9-28-19)4-2-6-18(17)22;;/h2-6,8,10,12,24H,7,9,11H2,1H3;2*1H. The molecular weight excluding hydrogens is 428 g/mol. The van der Waals surface area contributed by atoms with Crippen LogP contribution in [0.4, 0.5) is 10.2 Å². The Morgan fingerprint density at radius 3 is 2.83 bits per heavy atom. The van der Waals surface area contributed by atoms with Gasteiger partial charge in [-0.1, -0.05) is 18.2 Å². The van der Waals surface area contributed by atoms with Gasteiger partial charge in [-0.25, -0.2) is 4.39 Å². The fraction of sp³-hybridized carbons (Fsp3) is 0.190. The zero-order chi connectivity index (χ0) is 19.1. The van der Waals surface area contributed by atoms with Crippen molar-refractivity contribution in [2.24, 2.45) is 0 Å². The quantitative estimate of drug-likeness (QED) is 0.460. The lowest BCUT2D eigenvalue weighted by atomic mass is 10.0. The number of nitrogens with zero attached hydrogens (tertiary/aromatic N) is 4. The highest BCUT2D eigenvalue weighted by Crippen LogP contribution is 2.36. The number of pyridine rings is 2. The number of fused-ring (bicyclic) bond motifs is 4. The average molecular weight is 448 g/mol. The van der Waals surface area contributed by atoms with E-state index in [4.69, 9.17) is 4.74 Å². The van der Waals surface area contributed by atoms with Gasteiger partial charge >= 0.3 is 0 Å². The first-order valence-corrected chi connectivity index (χ1v) is 9.14. The SMILES string of the molecule is Cc1ncccc1-c1cc2c(n3cnnc13)NCc1c(F)cccc1CCO2.Cl.Cl. The molecule has 0 aliphatic carbocycles. The predicted octanol–water partition coefficient (Wildman–Crippen LogP) is 4.63. The van der Waals surface area contributed by atoms with Gasteiger partial charge in [-0.2, -0.15) is 0 Å². The van der Waals surface area contributed by atoms with Crippen LogP contribution in [0.25, 0.3) is 16.8 Å². The first-order chi connectivity index (χ1) is 13.7. The molecule has 30 heavy (non-hydrogen) atoms. The summed E-state index contributed by atoms with van der Waals surface area (Å²) in [5, 5.41) is 11.7. The van der Waals surface area contributed by atoms with E-state index in [1.165, 1.54) is 6.07 Å². The molecule has 4 heterocycles. The third-order valence-corrected chi connectivity index (χ3v) is 5.11. The monoisotopic (exact) mass is 447 g/mol. The number of nitrogens with one attached hydrogen (secondary N) is 1. The van der Waals surface area contributed by atoms with Crippen LogP contribution in [0.3, 0.4) is 0 Å². The first kappa shape index (κ1) is 21.8. The number of hydrogen-bond donors (Lipinski definition) is 1. The largest absolute Gasteiger partial charge is 0.489 e. The lowest BCUT2D eigenvalue weighted by Crippen LogP contribution is -2.08. The van der Waals surface area contributed by atoms with Gasteiger partial charge in [-0.05, 0) is 30.7 Å². The first-order valence-electron chi connectivity index (χ1n) is 9.14. The Bertz CT molecular complexity index is 1200. The summed E-state index contributed by atoms with van der Waals surface area (Å²) in [6.07, 6.45) is 4.04. The van der Waals surface area contributed by atoms with E-state index >= 15 is 0 Å². The van der Waals surface area contributed by atoms with Gasteiger partial charge in [0.15, 0.2) is 17.2 Å². The fourth-order valence-electron chi connectivity index (χ4n) is 3.69. The van der Waals surface area contributed by atoms with Gasteiger partial charge in [-0.3, -0.25) is 9.38 Å². The smallest absolute Gasteiger partial charge is 0.170 e. The van der Waals surface area contributed by atoms with Gasteiger partial charge in [0.25, 0.3) is 0 Å². The Morgan fingerprint density at radius 2 is 2.00 bits per heavy atom. The molecule has 0 saturated heterocycles. The van der Waals surface area contributed by atoms with Crippen molar-refractivity contribution in [2.45, 2.75) is 19.9 Å². The van der Waals surface area contributed by atoms with Gasteiger partial charge in [0.2, 0.25) is 0 Å². The Morgan fingerprint density at radius 1 is 1.13 bits per heavy atom. The van der Waals surface area contributed by atoms with Gasteiger partial charge in [0, 0.05) is 41.5 Å². The molecule has 1 aromatic carbocycles. The highest BCUT2D eigenvalue weighted by Gasteiger charge is 2.20. The number of benzene rings is 1. The van der Waals surface area contributed by atoms with Gasteiger partial charge in [0.05, 0.1) is 6.61 Å². The lowest BCUT2D eigenvalue weighted by Gasteiger charge is -2.16. The molecule has 1 N–H and O–H groups in total. The molecule has 156 valence electrons. The second-order valence-corrected chi connectivity index (χ2v) is 6.76. The minimum absolute atomic E-state index is 0. The van der Waals surface area contributed by atoms with Crippen molar-refractivity contribution in [3.05, 3.63) is 71.6 Å². The maximum absolute atomic E-state index is 14.4. The maximum atomic E-state index is 14.4. The summed E-state index contributed by atoms with van der Waals surface area (Å²) in [5.41, 5.74) is 5.07. The highest BCUT2D eigenvalue weighted by molar-refractivity contribution is 5.85. The van der Waals surface area contributed by atoms with E-state index in [-0.39, 0.29) is 30.6 Å². The molecule has 4 aromatic rings. The van der Waals surface area contributed by atoms with Crippen molar-refractivity contribution in [1.29, 1.82) is 0 Å². The van der Waals surface area contributed by atoms with E-state index in [0.717, 1.165) is 22.4 Å². The Kier molecular flexibility index (Phi) is 6.43. The summed E-state index contributed by atoms with van der Waals surface area (Å²) in [5.74, 6) is 1.18. The van der Waals surface area contributed by atoms with Gasteiger partial charge in [0.1, 0.15) is 12.1 Å². The van der Waals surface area contributed by atoms with E-state index in [0.29, 0.717) is 42.4 Å². The zero-order valence-electron chi connectivity index (χ0n) is 16.1. The van der Waals surface area contributed by atoms with Crippen molar-refractivity contribution in [1.82, 2.24) is 19.6 Å². The summed E-state index contributed by atoms with van der Waals surface area (Å²) in [4.78, 5) is 4.39. The van der Waals surface area contributed by atoms with Crippen LogP contribution in [-0.4, -0.2) is 26.2 Å². The summed E-state index contributed by atoms with van der Waals surface area (Å²) in [6.45, 7) is 2.77. The molecule has 1 aliphatic heterocycles. The van der Waals surface area contributed by atoms with Crippen molar-refractivity contribution >= 4 is 36.3 Å². The third kappa shape index (κ3) is 3.66. The molecule has 0 bridgehead atoms. The number of rotatable bonds is 1. The number of halogens is 3. The summed E-state index contributed by atoms with van der Waals surface area (Å²) in [6, 6.07) is 11.0. The van der Waals surface area contributed by atoms with E-state index in [9.17, 15) is 4.39 Å². The normalized spacial score (nSPS) is 12.6. The maximum Gasteiger partial charge on any atom is 0.170 e. The summed E-state index contributed by atoms with van der Waals surface area (Å²) in [7, 11) is 0. The second kappa shape index (κ2) is 8.85. The molecule has 1 aliphatic rings. The van der Waals surface area contributed by atoms with Crippen molar-refractivity contribution in [3.8, 4) is 16.9 Å². The highest BCUT2D eigenvalue weighted by atomic mass is 35.5. The molecule has 0 fully saturated rings. The van der Waals surface area contributed by atoms with Crippen LogP contribution < -0.4 is 10.1 Å². The lowest BCUT2D eigenvalue weighted by molar-refractivity contribution is 0.322. The van der Waals surface area contributed by atoms with E-state index in [2.05, 4.69) is 20.5 Å². The van der Waals surface area contributed by atoms with Crippen LogP contribution in [-0.2, 0) is 13.0 Å². The summed E-state index contributed by atoms with van der Waals surface area (Å²) < 4.78 is 22.3. The van der Waals surface area contributed by atoms with Crippen molar-refractivity contribution in [2.75, 3.05) is 11.9 Å². The molecular formula is C21H20Cl2FN5O. The van der Waals surface area contributed by atoms with E-state index in [1.54, 1.807) is 18.6 Å². The van der Waals surface area contributed by atoms with Gasteiger partial charge in [-0.15, -0.1) is 35.0 Å². The second-order valence-electron chi connectivity index (χ2n) is 6.76. The Labute approximate surface area is 185 Å². The number of ether oxygens (including phenoxy) is 1. The summed E-state index contributed by atoms with van der Waals surface area (Å²) >= 11 is 0. The van der Waals surface area contributed by atoms with Crippen molar-refractivity contribution in [3.63, 3.8) is 0 Å². The molecule has 0 saturated carbocycles. The Balaban J connectivity index is 0.00000128. The number of aromatic nitrogens is 4. The van der Waals surface area contributed by atoms with Crippen LogP contribution in [0, 0.1) is 12.7 Å². The molecule has 3 aromatic heterocycles. The number of hydrogen-bond acceptors (Lipinski definition) is 5. The van der Waals surface area contributed by atoms with Crippen LogP contribution >= 0.6 is 24.8 Å². The molecule has 0 radical (unpaired) electrons. The minimum Gasteiger partial charge on any atom is -0.489 e. The zero-order valence-corrected chi connectivity index (χ0v) is 17.8. The molecule has 6 nitrogen and oxygen atoms in total. The van der Waals surface area contributed by atoms with E-state index < -0.39 is 0 Å². The number of anilines is 1. The van der Waals surface area contributed by atoms with Crippen LogP contribution in [0.15, 0.2) is 48.9 Å². The topological polar surface area (TPSA) is 64.3 Å². The third-order valence-electron chi connectivity index (χ3n) is 5.11. The number of aryl methyl sites for hydroxylation is 1. The van der Waals surface area contributed by atoms with Crippen LogP contribution in [0.2, 0.25) is 0 Å². The van der Waals surface area contributed by atoms with E-state index in [1.807, 2.05) is 35.6 Å². The average Bonchev–Trinajstić information content (AvgIpc) is 3.20. The molecule has 0 unspecified atom stereocenters. The van der Waals surface area contributed by atoms with Crippen molar-refractivity contribution < 1.29 is 9.13 Å².